The highest BCUT2D eigenvalue weighted by Gasteiger charge is 2.27. The molecule has 0 bridgehead atoms. The van der Waals surface area contributed by atoms with Gasteiger partial charge in [0.05, 0.1) is 5.92 Å². The zero-order valence-corrected chi connectivity index (χ0v) is 12.3. The highest BCUT2D eigenvalue weighted by Crippen LogP contribution is 2.31. The predicted octanol–water partition coefficient (Wildman–Crippen LogP) is 3.44. The summed E-state index contributed by atoms with van der Waals surface area (Å²) in [5.41, 5.74) is 2.98. The van der Waals surface area contributed by atoms with Gasteiger partial charge in [0.1, 0.15) is 0 Å². The van der Waals surface area contributed by atoms with Crippen molar-refractivity contribution < 1.29 is 4.79 Å². The molecule has 1 amide bonds. The van der Waals surface area contributed by atoms with Crippen LogP contribution in [0.3, 0.4) is 0 Å². The van der Waals surface area contributed by atoms with E-state index in [4.69, 9.17) is 0 Å². The van der Waals surface area contributed by atoms with Crippen LogP contribution in [-0.4, -0.2) is 12.5 Å². The number of carbonyl (C=O) groups is 1. The quantitative estimate of drug-likeness (QED) is 0.802. The molecule has 3 rings (SSSR count). The Hall–Kier alpha value is -1.56. The third-order valence-corrected chi connectivity index (χ3v) is 3.91. The highest BCUT2D eigenvalue weighted by atomic mass is 127. The number of para-hydroxylation sites is 1. The van der Waals surface area contributed by atoms with Gasteiger partial charge in [0, 0.05) is 21.5 Å². The summed E-state index contributed by atoms with van der Waals surface area (Å²) >= 11 is 2.24. The molecule has 2 aromatic carbocycles. The number of fused-ring (bicyclic) bond motifs is 1. The van der Waals surface area contributed by atoms with Crippen molar-refractivity contribution in [3.8, 4) is 0 Å². The van der Waals surface area contributed by atoms with Gasteiger partial charge in [-0.15, -0.1) is 0 Å². The van der Waals surface area contributed by atoms with Gasteiger partial charge in [-0.3, -0.25) is 4.79 Å². The summed E-state index contributed by atoms with van der Waals surface area (Å²) in [5.74, 6) is -0.0754. The molecule has 96 valence electrons. The van der Waals surface area contributed by atoms with Crippen LogP contribution < -0.4 is 10.6 Å². The second kappa shape index (κ2) is 5.21. The highest BCUT2D eigenvalue weighted by molar-refractivity contribution is 14.1. The maximum absolute atomic E-state index is 12.3. The Morgan fingerprint density at radius 3 is 2.89 bits per heavy atom. The summed E-state index contributed by atoms with van der Waals surface area (Å²) in [6.45, 7) is 0.662. The molecule has 0 saturated carbocycles. The molecular formula is C15H13IN2O. The number of benzene rings is 2. The molecule has 1 aliphatic heterocycles. The van der Waals surface area contributed by atoms with E-state index in [0.717, 1.165) is 20.5 Å². The average molecular weight is 364 g/mol. The van der Waals surface area contributed by atoms with E-state index in [1.54, 1.807) is 0 Å². The van der Waals surface area contributed by atoms with Crippen LogP contribution in [-0.2, 0) is 4.79 Å². The summed E-state index contributed by atoms with van der Waals surface area (Å²) in [4.78, 5) is 12.3. The Labute approximate surface area is 125 Å². The zero-order chi connectivity index (χ0) is 13.2. The molecule has 1 heterocycles. The third-order valence-electron chi connectivity index (χ3n) is 3.24. The fraction of sp³-hybridized carbons (Fsp3) is 0.133. The van der Waals surface area contributed by atoms with Gasteiger partial charge in [-0.2, -0.15) is 0 Å². The van der Waals surface area contributed by atoms with Gasteiger partial charge in [-0.25, -0.2) is 0 Å². The van der Waals surface area contributed by atoms with Crippen molar-refractivity contribution >= 4 is 39.9 Å². The molecule has 0 spiro atoms. The smallest absolute Gasteiger partial charge is 0.233 e. The number of anilines is 2. The number of nitrogens with one attached hydrogen (secondary N) is 2. The Morgan fingerprint density at radius 1 is 1.21 bits per heavy atom. The number of hydrogen-bond acceptors (Lipinski definition) is 2. The van der Waals surface area contributed by atoms with Crippen LogP contribution in [0.2, 0.25) is 0 Å². The fourth-order valence-electron chi connectivity index (χ4n) is 2.31. The Bertz CT molecular complexity index is 627. The van der Waals surface area contributed by atoms with Gasteiger partial charge in [0.2, 0.25) is 5.91 Å². The van der Waals surface area contributed by atoms with Gasteiger partial charge >= 0.3 is 0 Å². The molecule has 0 aromatic heterocycles. The topological polar surface area (TPSA) is 41.1 Å². The van der Waals surface area contributed by atoms with E-state index in [2.05, 4.69) is 33.2 Å². The lowest BCUT2D eigenvalue weighted by molar-refractivity contribution is -0.117. The van der Waals surface area contributed by atoms with E-state index in [0.29, 0.717) is 6.54 Å². The number of hydrogen-bond donors (Lipinski definition) is 2. The third kappa shape index (κ3) is 2.58. The maximum atomic E-state index is 12.3. The van der Waals surface area contributed by atoms with Crippen molar-refractivity contribution in [2.75, 3.05) is 17.2 Å². The number of carbonyl (C=O) groups excluding carboxylic acids is 1. The van der Waals surface area contributed by atoms with Gasteiger partial charge in [0.15, 0.2) is 0 Å². The molecule has 0 radical (unpaired) electrons. The Kier molecular flexibility index (Phi) is 3.42. The maximum Gasteiger partial charge on any atom is 0.233 e. The number of rotatable bonds is 2. The molecule has 1 aliphatic rings. The van der Waals surface area contributed by atoms with Crippen LogP contribution in [0.1, 0.15) is 11.5 Å². The SMILES string of the molecule is O=C(Nc1cccc(I)c1)C1CNc2ccccc21. The van der Waals surface area contributed by atoms with Gasteiger partial charge in [-0.1, -0.05) is 24.3 Å². The summed E-state index contributed by atoms with van der Waals surface area (Å²) < 4.78 is 1.11. The lowest BCUT2D eigenvalue weighted by atomic mass is 10.0. The first-order valence-electron chi connectivity index (χ1n) is 6.13. The summed E-state index contributed by atoms with van der Waals surface area (Å²) in [7, 11) is 0. The van der Waals surface area contributed by atoms with Crippen molar-refractivity contribution in [1.29, 1.82) is 0 Å². The summed E-state index contributed by atoms with van der Waals surface area (Å²) in [5, 5.41) is 6.25. The standard InChI is InChI=1S/C15H13IN2O/c16-10-4-3-5-11(8-10)18-15(19)13-9-17-14-7-2-1-6-12(13)14/h1-8,13,17H,9H2,(H,18,19). The second-order valence-electron chi connectivity index (χ2n) is 4.52. The summed E-state index contributed by atoms with van der Waals surface area (Å²) in [6.07, 6.45) is 0. The first kappa shape index (κ1) is 12.5. The molecule has 4 heteroatoms. The molecule has 0 fully saturated rings. The van der Waals surface area contributed by atoms with Crippen LogP contribution in [0.15, 0.2) is 48.5 Å². The fourth-order valence-corrected chi connectivity index (χ4v) is 2.86. The van der Waals surface area contributed by atoms with Crippen molar-refractivity contribution in [2.45, 2.75) is 5.92 Å². The van der Waals surface area contributed by atoms with Crippen LogP contribution in [0, 0.1) is 3.57 Å². The van der Waals surface area contributed by atoms with Crippen LogP contribution in [0.25, 0.3) is 0 Å². The minimum atomic E-state index is -0.117. The van der Waals surface area contributed by atoms with Crippen LogP contribution >= 0.6 is 22.6 Å². The van der Waals surface area contributed by atoms with Gasteiger partial charge in [-0.05, 0) is 52.4 Å². The predicted molar refractivity (Wildman–Crippen MR) is 85.5 cm³/mol. The van der Waals surface area contributed by atoms with Crippen molar-refractivity contribution in [3.05, 3.63) is 57.7 Å². The lowest BCUT2D eigenvalue weighted by Crippen LogP contribution is -2.22. The monoisotopic (exact) mass is 364 g/mol. The molecule has 1 atom stereocenters. The van der Waals surface area contributed by atoms with E-state index < -0.39 is 0 Å². The molecule has 2 N–H and O–H groups in total. The number of halogens is 1. The first-order chi connectivity index (χ1) is 9.24. The van der Waals surface area contributed by atoms with Crippen molar-refractivity contribution in [1.82, 2.24) is 0 Å². The largest absolute Gasteiger partial charge is 0.384 e. The lowest BCUT2D eigenvalue weighted by Gasteiger charge is -2.11. The van der Waals surface area contributed by atoms with Crippen LogP contribution in [0.5, 0.6) is 0 Å². The van der Waals surface area contributed by atoms with Gasteiger partial charge < -0.3 is 10.6 Å². The van der Waals surface area contributed by atoms with E-state index in [1.165, 1.54) is 0 Å². The minimum absolute atomic E-state index is 0.0412. The molecule has 19 heavy (non-hydrogen) atoms. The zero-order valence-electron chi connectivity index (χ0n) is 10.2. The Morgan fingerprint density at radius 2 is 2.05 bits per heavy atom. The molecule has 0 aliphatic carbocycles. The second-order valence-corrected chi connectivity index (χ2v) is 5.77. The molecule has 2 aromatic rings. The van der Waals surface area contributed by atoms with Crippen LogP contribution in [0.4, 0.5) is 11.4 Å². The number of amides is 1. The normalized spacial score (nSPS) is 16.6. The van der Waals surface area contributed by atoms with E-state index in [1.807, 2.05) is 48.5 Å². The molecular weight excluding hydrogens is 351 g/mol. The van der Waals surface area contributed by atoms with E-state index >= 15 is 0 Å². The average Bonchev–Trinajstić information content (AvgIpc) is 2.82. The first-order valence-corrected chi connectivity index (χ1v) is 7.21. The van der Waals surface area contributed by atoms with Crippen molar-refractivity contribution in [3.63, 3.8) is 0 Å². The van der Waals surface area contributed by atoms with Gasteiger partial charge in [0.25, 0.3) is 0 Å². The molecule has 3 nitrogen and oxygen atoms in total. The minimum Gasteiger partial charge on any atom is -0.384 e. The van der Waals surface area contributed by atoms with E-state index in [9.17, 15) is 4.79 Å². The summed E-state index contributed by atoms with van der Waals surface area (Å²) in [6, 6.07) is 15.8. The molecule has 0 saturated heterocycles. The van der Waals surface area contributed by atoms with E-state index in [-0.39, 0.29) is 11.8 Å². The Balaban J connectivity index is 1.79. The van der Waals surface area contributed by atoms with Crippen molar-refractivity contribution in [2.24, 2.45) is 0 Å². The molecule has 1 unspecified atom stereocenters.